The minimum absolute atomic E-state index is 0.113. The van der Waals surface area contributed by atoms with Gasteiger partial charge in [-0.05, 0) is 42.7 Å². The fourth-order valence-corrected chi connectivity index (χ4v) is 4.91. The number of alkyl halides is 3. The van der Waals surface area contributed by atoms with Crippen molar-refractivity contribution in [3.8, 4) is 0 Å². The monoisotopic (exact) mass is 475 g/mol. The van der Waals surface area contributed by atoms with Crippen LogP contribution in [0.2, 0.25) is 0 Å². The number of aryl methyl sites for hydroxylation is 1. The highest BCUT2D eigenvalue weighted by atomic mass is 32.1. The lowest BCUT2D eigenvalue weighted by Gasteiger charge is -2.35. The summed E-state index contributed by atoms with van der Waals surface area (Å²) in [5.74, 6) is 0.181. The number of nitrogens with zero attached hydrogens (tertiary/aromatic N) is 3. The number of halogens is 4. The Morgan fingerprint density at radius 3 is 2.67 bits per heavy atom. The zero-order valence-electron chi connectivity index (χ0n) is 17.5. The zero-order chi connectivity index (χ0) is 23.0. The third-order valence-corrected chi connectivity index (χ3v) is 6.73. The van der Waals surface area contributed by atoms with Gasteiger partial charge < -0.3 is 15.5 Å². The van der Waals surface area contributed by atoms with Gasteiger partial charge in [-0.3, -0.25) is 0 Å². The average molecular weight is 476 g/mol. The number of hydrogen-bond acceptors (Lipinski definition) is 6. The summed E-state index contributed by atoms with van der Waals surface area (Å²) in [6.45, 7) is 1.86. The number of thiazole rings is 1. The fourth-order valence-electron chi connectivity index (χ4n) is 4.07. The summed E-state index contributed by atoms with van der Waals surface area (Å²) in [5, 5.41) is 6.02. The first kappa shape index (κ1) is 21.8. The SMILES string of the molecule is Fc1ccc(CC[C@H]2CN(C3=Nc4ccccc4Nc4sc(C(F)(F)F)nc43)CCN2)cc1. The van der Waals surface area contributed by atoms with Gasteiger partial charge in [0.1, 0.15) is 16.5 Å². The van der Waals surface area contributed by atoms with E-state index in [-0.39, 0.29) is 17.6 Å². The van der Waals surface area contributed by atoms with E-state index < -0.39 is 11.2 Å². The third-order valence-electron chi connectivity index (χ3n) is 5.71. The number of anilines is 2. The zero-order valence-corrected chi connectivity index (χ0v) is 18.3. The summed E-state index contributed by atoms with van der Waals surface area (Å²) >= 11 is 0.595. The molecule has 0 amide bonds. The summed E-state index contributed by atoms with van der Waals surface area (Å²) in [6, 6.07) is 13.8. The predicted molar refractivity (Wildman–Crippen MR) is 121 cm³/mol. The molecule has 0 unspecified atom stereocenters. The molecule has 10 heteroatoms. The van der Waals surface area contributed by atoms with Gasteiger partial charge in [0.25, 0.3) is 0 Å². The topological polar surface area (TPSA) is 52.5 Å². The number of para-hydroxylation sites is 2. The van der Waals surface area contributed by atoms with Crippen molar-refractivity contribution in [3.05, 3.63) is 70.6 Å². The summed E-state index contributed by atoms with van der Waals surface area (Å²) in [4.78, 5) is 10.7. The molecule has 33 heavy (non-hydrogen) atoms. The van der Waals surface area contributed by atoms with Crippen LogP contribution in [0.5, 0.6) is 0 Å². The van der Waals surface area contributed by atoms with E-state index in [1.807, 2.05) is 23.1 Å². The molecule has 1 aromatic heterocycles. The molecule has 2 N–H and O–H groups in total. The summed E-state index contributed by atoms with van der Waals surface area (Å²) in [6.07, 6.45) is -2.95. The Bertz CT molecular complexity index is 1170. The number of piperazine rings is 1. The Morgan fingerprint density at radius 1 is 1.09 bits per heavy atom. The highest BCUT2D eigenvalue weighted by Gasteiger charge is 2.38. The molecule has 2 aliphatic heterocycles. The van der Waals surface area contributed by atoms with Crippen LogP contribution < -0.4 is 10.6 Å². The second-order valence-electron chi connectivity index (χ2n) is 8.03. The molecule has 1 fully saturated rings. The highest BCUT2D eigenvalue weighted by molar-refractivity contribution is 7.16. The van der Waals surface area contributed by atoms with Crippen molar-refractivity contribution in [2.45, 2.75) is 25.1 Å². The normalized spacial score (nSPS) is 18.1. The Kier molecular flexibility index (Phi) is 5.79. The van der Waals surface area contributed by atoms with Crippen molar-refractivity contribution in [3.63, 3.8) is 0 Å². The number of hydrogen-bond donors (Lipinski definition) is 2. The molecule has 172 valence electrons. The van der Waals surface area contributed by atoms with Gasteiger partial charge >= 0.3 is 6.18 Å². The quantitative estimate of drug-likeness (QED) is 0.502. The molecule has 1 saturated heterocycles. The minimum atomic E-state index is -4.52. The molecule has 0 bridgehead atoms. The maximum absolute atomic E-state index is 13.4. The Labute approximate surface area is 192 Å². The first-order valence-electron chi connectivity index (χ1n) is 10.6. The predicted octanol–water partition coefficient (Wildman–Crippen LogP) is 5.34. The van der Waals surface area contributed by atoms with Crippen LogP contribution in [0.15, 0.2) is 53.5 Å². The molecule has 0 aliphatic carbocycles. The van der Waals surface area contributed by atoms with Crippen molar-refractivity contribution in [2.24, 2.45) is 4.99 Å². The van der Waals surface area contributed by atoms with E-state index in [1.165, 1.54) is 12.1 Å². The largest absolute Gasteiger partial charge is 0.443 e. The van der Waals surface area contributed by atoms with Gasteiger partial charge in [0.2, 0.25) is 5.01 Å². The van der Waals surface area contributed by atoms with E-state index in [2.05, 4.69) is 15.6 Å². The van der Waals surface area contributed by atoms with Gasteiger partial charge in [-0.1, -0.05) is 35.6 Å². The number of aliphatic imine (C=N–C) groups is 1. The number of rotatable bonds is 3. The average Bonchev–Trinajstić information content (AvgIpc) is 3.16. The van der Waals surface area contributed by atoms with Crippen LogP contribution in [-0.4, -0.2) is 41.4 Å². The number of nitrogens with one attached hydrogen (secondary N) is 2. The van der Waals surface area contributed by atoms with Gasteiger partial charge in [-0.2, -0.15) is 13.2 Å². The Balaban J connectivity index is 1.42. The number of aromatic nitrogens is 1. The fraction of sp³-hybridized carbons (Fsp3) is 0.304. The molecule has 2 aromatic carbocycles. The second kappa shape index (κ2) is 8.75. The van der Waals surface area contributed by atoms with Crippen LogP contribution >= 0.6 is 11.3 Å². The number of amidine groups is 1. The van der Waals surface area contributed by atoms with E-state index in [0.717, 1.165) is 18.4 Å². The number of benzene rings is 2. The van der Waals surface area contributed by atoms with Gasteiger partial charge in [-0.25, -0.2) is 14.4 Å². The maximum Gasteiger partial charge on any atom is 0.443 e. The summed E-state index contributed by atoms with van der Waals surface area (Å²) in [5.41, 5.74) is 2.57. The summed E-state index contributed by atoms with van der Waals surface area (Å²) < 4.78 is 53.4. The van der Waals surface area contributed by atoms with E-state index in [1.54, 1.807) is 18.2 Å². The lowest BCUT2D eigenvalue weighted by Crippen LogP contribution is -2.53. The van der Waals surface area contributed by atoms with Crippen LogP contribution in [0.4, 0.5) is 33.9 Å². The molecule has 3 heterocycles. The second-order valence-corrected chi connectivity index (χ2v) is 9.03. The minimum Gasteiger partial charge on any atom is -0.352 e. The molecule has 0 spiro atoms. The van der Waals surface area contributed by atoms with Crippen molar-refractivity contribution in [1.82, 2.24) is 15.2 Å². The van der Waals surface area contributed by atoms with E-state index in [4.69, 9.17) is 4.99 Å². The van der Waals surface area contributed by atoms with Crippen molar-refractivity contribution in [2.75, 3.05) is 25.0 Å². The van der Waals surface area contributed by atoms with Crippen LogP contribution in [0.25, 0.3) is 0 Å². The molecule has 2 aliphatic rings. The van der Waals surface area contributed by atoms with Crippen LogP contribution in [0.3, 0.4) is 0 Å². The third kappa shape index (κ3) is 4.72. The molecule has 3 aromatic rings. The maximum atomic E-state index is 13.4. The molecule has 0 radical (unpaired) electrons. The van der Waals surface area contributed by atoms with Gasteiger partial charge in [0.05, 0.1) is 11.4 Å². The molecule has 5 nitrogen and oxygen atoms in total. The van der Waals surface area contributed by atoms with Crippen molar-refractivity contribution < 1.29 is 17.6 Å². The molecule has 0 saturated carbocycles. The Hall–Kier alpha value is -2.98. The van der Waals surface area contributed by atoms with E-state index in [0.29, 0.717) is 53.2 Å². The van der Waals surface area contributed by atoms with Crippen LogP contribution in [0.1, 0.15) is 22.7 Å². The number of fused-ring (bicyclic) bond motifs is 2. The van der Waals surface area contributed by atoms with E-state index >= 15 is 0 Å². The molecular weight excluding hydrogens is 454 g/mol. The molecule has 1 atom stereocenters. The lowest BCUT2D eigenvalue weighted by atomic mass is 10.0. The molecular formula is C23H21F4N5S. The van der Waals surface area contributed by atoms with Gasteiger partial charge in [0.15, 0.2) is 5.84 Å². The Morgan fingerprint density at radius 2 is 1.88 bits per heavy atom. The molecule has 5 rings (SSSR count). The van der Waals surface area contributed by atoms with Crippen LogP contribution in [-0.2, 0) is 12.6 Å². The smallest absolute Gasteiger partial charge is 0.352 e. The van der Waals surface area contributed by atoms with E-state index in [9.17, 15) is 17.6 Å². The lowest BCUT2D eigenvalue weighted by molar-refractivity contribution is -0.137. The van der Waals surface area contributed by atoms with Crippen molar-refractivity contribution >= 4 is 33.5 Å². The first-order chi connectivity index (χ1) is 15.9. The van der Waals surface area contributed by atoms with Gasteiger partial charge in [0, 0.05) is 25.7 Å². The van der Waals surface area contributed by atoms with Crippen LogP contribution in [0, 0.1) is 5.82 Å². The summed E-state index contributed by atoms with van der Waals surface area (Å²) in [7, 11) is 0. The highest BCUT2D eigenvalue weighted by Crippen LogP contribution is 2.42. The van der Waals surface area contributed by atoms with Crippen molar-refractivity contribution in [1.29, 1.82) is 0 Å². The standard InChI is InChI=1S/C23H21F4N5S/c24-15-8-5-14(6-9-15)7-10-16-13-32(12-11-28-16)20-19-21(33-22(31-19)23(25,26)27)30-18-4-2-1-3-17(18)29-20/h1-6,8-9,16,28,30H,7,10-13H2/t16-/m0/s1. The first-order valence-corrected chi connectivity index (χ1v) is 11.4. The van der Waals surface area contributed by atoms with Gasteiger partial charge in [-0.15, -0.1) is 0 Å².